The molecule has 0 spiro atoms. The summed E-state index contributed by atoms with van der Waals surface area (Å²) in [6.45, 7) is 3.01. The maximum Gasteiger partial charge on any atom is 0.267 e. The van der Waals surface area contributed by atoms with Crippen molar-refractivity contribution in [2.45, 2.75) is 24.8 Å². The molecular weight excluding hydrogens is 366 g/mol. The van der Waals surface area contributed by atoms with Crippen LogP contribution in [0.3, 0.4) is 0 Å². The fourth-order valence-corrected chi connectivity index (χ4v) is 3.93. The lowest BCUT2D eigenvalue weighted by Crippen LogP contribution is -2.27. The second-order valence-electron chi connectivity index (χ2n) is 6.37. The third-order valence-corrected chi connectivity index (χ3v) is 6.25. The first-order chi connectivity index (χ1) is 12.8. The molecule has 2 aromatic heterocycles. The third kappa shape index (κ3) is 3.77. The highest BCUT2D eigenvalue weighted by molar-refractivity contribution is 7.89. The maximum absolute atomic E-state index is 12.6. The number of carbonyl (C=O) groups excluding carboxylic acids is 1. The zero-order chi connectivity index (χ0) is 19.6. The van der Waals surface area contributed by atoms with Crippen molar-refractivity contribution in [2.75, 3.05) is 20.6 Å². The molecule has 0 aliphatic rings. The van der Waals surface area contributed by atoms with Gasteiger partial charge in [-0.1, -0.05) is 0 Å². The quantitative estimate of drug-likeness (QED) is 0.673. The molecule has 0 bridgehead atoms. The molecule has 0 aliphatic carbocycles. The van der Waals surface area contributed by atoms with Gasteiger partial charge in [0.2, 0.25) is 10.0 Å². The highest BCUT2D eigenvalue weighted by atomic mass is 32.2. The minimum atomic E-state index is -3.53. The van der Waals surface area contributed by atoms with Crippen LogP contribution in [0, 0.1) is 0 Å². The van der Waals surface area contributed by atoms with Crippen LogP contribution in [0.1, 0.15) is 23.2 Å². The first-order valence-electron chi connectivity index (χ1n) is 8.71. The predicted octanol–water partition coefficient (Wildman–Crippen LogP) is 2.48. The second kappa shape index (κ2) is 7.58. The van der Waals surface area contributed by atoms with Gasteiger partial charge in [-0.2, -0.15) is 0 Å². The van der Waals surface area contributed by atoms with Gasteiger partial charge in [-0.25, -0.2) is 12.7 Å². The van der Waals surface area contributed by atoms with E-state index in [-0.39, 0.29) is 10.8 Å². The molecule has 1 N–H and O–H groups in total. The van der Waals surface area contributed by atoms with Crippen LogP contribution in [0.5, 0.6) is 0 Å². The Kier molecular flexibility index (Phi) is 5.38. The monoisotopic (exact) mass is 389 g/mol. The first kappa shape index (κ1) is 19.2. The van der Waals surface area contributed by atoms with Crippen molar-refractivity contribution in [3.63, 3.8) is 0 Å². The standard InChI is InChI=1S/C19H23N3O4S/c1-4-22-17-8-7-16(27(24,25)21(2)3)12-14(17)13-18(22)19(23)20-10-9-15-6-5-11-26-15/h5-8,11-13H,4,9-10H2,1-3H3,(H,20,23). The summed E-state index contributed by atoms with van der Waals surface area (Å²) in [6, 6.07) is 10.3. The van der Waals surface area contributed by atoms with Gasteiger partial charge in [0.15, 0.2) is 0 Å². The lowest BCUT2D eigenvalue weighted by Gasteiger charge is -2.11. The van der Waals surface area contributed by atoms with Crippen LogP contribution in [0.4, 0.5) is 0 Å². The lowest BCUT2D eigenvalue weighted by atomic mass is 10.2. The van der Waals surface area contributed by atoms with E-state index in [1.807, 2.05) is 23.6 Å². The Morgan fingerprint density at radius 2 is 2.00 bits per heavy atom. The minimum absolute atomic E-state index is 0.198. The van der Waals surface area contributed by atoms with Crippen molar-refractivity contribution in [1.29, 1.82) is 0 Å². The molecule has 144 valence electrons. The molecular formula is C19H23N3O4S. The predicted molar refractivity (Wildman–Crippen MR) is 103 cm³/mol. The Morgan fingerprint density at radius 3 is 2.63 bits per heavy atom. The molecule has 3 aromatic rings. The molecule has 2 heterocycles. The fourth-order valence-electron chi connectivity index (χ4n) is 2.99. The highest BCUT2D eigenvalue weighted by Gasteiger charge is 2.20. The molecule has 1 aromatic carbocycles. The van der Waals surface area contributed by atoms with E-state index in [9.17, 15) is 13.2 Å². The number of aromatic nitrogens is 1. The summed E-state index contributed by atoms with van der Waals surface area (Å²) in [5.74, 6) is 0.612. The van der Waals surface area contributed by atoms with Gasteiger partial charge in [-0.3, -0.25) is 4.79 Å². The van der Waals surface area contributed by atoms with Crippen LogP contribution in [0.15, 0.2) is 52.0 Å². The largest absolute Gasteiger partial charge is 0.469 e. The lowest BCUT2D eigenvalue weighted by molar-refractivity contribution is 0.0945. The van der Waals surface area contributed by atoms with Crippen LogP contribution >= 0.6 is 0 Å². The third-order valence-electron chi connectivity index (χ3n) is 4.44. The summed E-state index contributed by atoms with van der Waals surface area (Å²) >= 11 is 0. The Morgan fingerprint density at radius 1 is 1.22 bits per heavy atom. The fraction of sp³-hybridized carbons (Fsp3) is 0.316. The normalized spacial score (nSPS) is 12.0. The second-order valence-corrected chi connectivity index (χ2v) is 8.52. The molecule has 27 heavy (non-hydrogen) atoms. The van der Waals surface area contributed by atoms with E-state index >= 15 is 0 Å². The minimum Gasteiger partial charge on any atom is -0.469 e. The summed E-state index contributed by atoms with van der Waals surface area (Å²) in [7, 11) is -0.536. The number of fused-ring (bicyclic) bond motifs is 1. The van der Waals surface area contributed by atoms with Crippen LogP contribution in [0.2, 0.25) is 0 Å². The number of furan rings is 1. The number of rotatable bonds is 7. The van der Waals surface area contributed by atoms with Gasteiger partial charge in [0.1, 0.15) is 11.5 Å². The maximum atomic E-state index is 12.6. The molecule has 0 radical (unpaired) electrons. The van der Waals surface area contributed by atoms with Crippen LogP contribution in [-0.4, -0.2) is 43.8 Å². The summed E-state index contributed by atoms with van der Waals surface area (Å²) in [5.41, 5.74) is 1.33. The van der Waals surface area contributed by atoms with Crippen molar-refractivity contribution < 1.29 is 17.6 Å². The first-order valence-corrected chi connectivity index (χ1v) is 10.1. The van der Waals surface area contributed by atoms with Gasteiger partial charge in [-0.05, 0) is 43.3 Å². The van der Waals surface area contributed by atoms with E-state index < -0.39 is 10.0 Å². The van der Waals surface area contributed by atoms with Crippen LogP contribution < -0.4 is 5.32 Å². The molecule has 0 saturated heterocycles. The van der Waals surface area contributed by atoms with Crippen molar-refractivity contribution in [2.24, 2.45) is 0 Å². The molecule has 1 amide bonds. The number of carbonyl (C=O) groups is 1. The van der Waals surface area contributed by atoms with E-state index in [2.05, 4.69) is 5.32 Å². The molecule has 0 saturated carbocycles. The molecule has 7 nitrogen and oxygen atoms in total. The average Bonchev–Trinajstić information content (AvgIpc) is 3.27. The summed E-state index contributed by atoms with van der Waals surface area (Å²) in [4.78, 5) is 12.8. The Balaban J connectivity index is 1.87. The SMILES string of the molecule is CCn1c(C(=O)NCCc2ccco2)cc2cc(S(=O)(=O)N(C)C)ccc21. The smallest absolute Gasteiger partial charge is 0.267 e. The Labute approximate surface area is 158 Å². The van der Waals surface area contributed by atoms with Gasteiger partial charge in [0.25, 0.3) is 5.91 Å². The van der Waals surface area contributed by atoms with Gasteiger partial charge in [0.05, 0.1) is 11.2 Å². The van der Waals surface area contributed by atoms with Crippen LogP contribution in [-0.2, 0) is 23.0 Å². The molecule has 3 rings (SSSR count). The van der Waals surface area contributed by atoms with E-state index in [1.54, 1.807) is 30.5 Å². The Bertz CT molecular complexity index is 1050. The van der Waals surface area contributed by atoms with Crippen molar-refractivity contribution in [1.82, 2.24) is 14.2 Å². The van der Waals surface area contributed by atoms with Crippen molar-refractivity contribution in [3.05, 3.63) is 54.1 Å². The molecule has 0 unspecified atom stereocenters. The molecule has 0 aliphatic heterocycles. The number of hydrogen-bond donors (Lipinski definition) is 1. The van der Waals surface area contributed by atoms with E-state index in [0.717, 1.165) is 16.7 Å². The zero-order valence-corrected chi connectivity index (χ0v) is 16.4. The topological polar surface area (TPSA) is 84.5 Å². The summed E-state index contributed by atoms with van der Waals surface area (Å²) in [6.07, 6.45) is 2.21. The Hall–Kier alpha value is -2.58. The number of sulfonamides is 1. The van der Waals surface area contributed by atoms with Gasteiger partial charge in [0, 0.05) is 44.5 Å². The molecule has 0 fully saturated rings. The number of nitrogens with zero attached hydrogens (tertiary/aromatic N) is 2. The van der Waals surface area contributed by atoms with Gasteiger partial charge in [-0.15, -0.1) is 0 Å². The summed E-state index contributed by atoms with van der Waals surface area (Å²) in [5, 5.41) is 3.61. The molecule has 0 atom stereocenters. The van der Waals surface area contributed by atoms with Gasteiger partial charge < -0.3 is 14.3 Å². The van der Waals surface area contributed by atoms with Crippen molar-refractivity contribution >= 4 is 26.8 Å². The van der Waals surface area contributed by atoms with Crippen LogP contribution in [0.25, 0.3) is 10.9 Å². The highest BCUT2D eigenvalue weighted by Crippen LogP contribution is 2.24. The number of benzene rings is 1. The van der Waals surface area contributed by atoms with E-state index in [4.69, 9.17) is 4.42 Å². The number of nitrogens with one attached hydrogen (secondary N) is 1. The number of hydrogen-bond acceptors (Lipinski definition) is 4. The number of aryl methyl sites for hydroxylation is 1. The molecule has 8 heteroatoms. The van der Waals surface area contributed by atoms with E-state index in [0.29, 0.717) is 25.2 Å². The van der Waals surface area contributed by atoms with Gasteiger partial charge >= 0.3 is 0 Å². The number of amides is 1. The van der Waals surface area contributed by atoms with E-state index in [1.165, 1.54) is 18.4 Å². The zero-order valence-electron chi connectivity index (χ0n) is 15.6. The van der Waals surface area contributed by atoms with Crippen molar-refractivity contribution in [3.8, 4) is 0 Å². The summed E-state index contributed by atoms with van der Waals surface area (Å²) < 4.78 is 33.0. The average molecular weight is 389 g/mol.